The van der Waals surface area contributed by atoms with Gasteiger partial charge in [0.15, 0.2) is 0 Å². The van der Waals surface area contributed by atoms with E-state index in [-0.39, 0.29) is 12.1 Å². The highest BCUT2D eigenvalue weighted by Crippen LogP contribution is 2.23. The fourth-order valence-corrected chi connectivity index (χ4v) is 1.71. The zero-order valence-electron chi connectivity index (χ0n) is 11.9. The fourth-order valence-electron chi connectivity index (χ4n) is 1.71. The van der Waals surface area contributed by atoms with Crippen LogP contribution in [0.2, 0.25) is 0 Å². The molecule has 0 saturated carbocycles. The zero-order chi connectivity index (χ0) is 14.4. The van der Waals surface area contributed by atoms with Gasteiger partial charge in [0.2, 0.25) is 0 Å². The Balaban J connectivity index is 1.93. The molecule has 0 aliphatic heterocycles. The van der Waals surface area contributed by atoms with Gasteiger partial charge in [-0.3, -0.25) is 0 Å². The van der Waals surface area contributed by atoms with Gasteiger partial charge in [0, 0.05) is 11.6 Å². The molecular formula is C16H21NO3. The van der Waals surface area contributed by atoms with Gasteiger partial charge in [-0.1, -0.05) is 25.1 Å². The Kier molecular flexibility index (Phi) is 4.82. The van der Waals surface area contributed by atoms with Crippen LogP contribution in [0.1, 0.15) is 26.0 Å². The lowest BCUT2D eigenvalue weighted by Crippen LogP contribution is -2.44. The van der Waals surface area contributed by atoms with Crippen molar-refractivity contribution in [2.75, 3.05) is 6.61 Å². The van der Waals surface area contributed by atoms with Crippen LogP contribution >= 0.6 is 0 Å². The van der Waals surface area contributed by atoms with Gasteiger partial charge in [-0.05, 0) is 31.5 Å². The summed E-state index contributed by atoms with van der Waals surface area (Å²) in [7, 11) is 0. The molecule has 0 aliphatic carbocycles. The average molecular weight is 275 g/mol. The first kappa shape index (κ1) is 14.6. The van der Waals surface area contributed by atoms with Crippen LogP contribution in [0.25, 0.3) is 0 Å². The van der Waals surface area contributed by atoms with Crippen LogP contribution in [0, 0.1) is 0 Å². The van der Waals surface area contributed by atoms with E-state index in [1.807, 2.05) is 50.2 Å². The van der Waals surface area contributed by atoms with Gasteiger partial charge in [0.05, 0.1) is 13.2 Å². The molecule has 0 aliphatic rings. The number of furan rings is 1. The molecule has 4 nitrogen and oxygen atoms in total. The van der Waals surface area contributed by atoms with Crippen molar-refractivity contribution >= 4 is 0 Å². The number of hydrogen-bond acceptors (Lipinski definition) is 4. The average Bonchev–Trinajstić information content (AvgIpc) is 2.93. The Morgan fingerprint density at radius 2 is 1.95 bits per heavy atom. The van der Waals surface area contributed by atoms with E-state index < -0.39 is 0 Å². The molecule has 108 valence electrons. The van der Waals surface area contributed by atoms with Crippen LogP contribution in [0.3, 0.4) is 0 Å². The SMILES string of the molecule is CCC(C)(CO)NCc1ccc(Oc2ccccc2)o1. The van der Waals surface area contributed by atoms with E-state index >= 15 is 0 Å². The molecule has 0 spiro atoms. The van der Waals surface area contributed by atoms with Crippen molar-refractivity contribution in [2.45, 2.75) is 32.4 Å². The molecule has 0 bridgehead atoms. The third kappa shape index (κ3) is 3.85. The van der Waals surface area contributed by atoms with Crippen molar-refractivity contribution in [1.82, 2.24) is 5.32 Å². The number of ether oxygens (including phenoxy) is 1. The summed E-state index contributed by atoms with van der Waals surface area (Å²) in [6.45, 7) is 4.67. The number of aliphatic hydroxyl groups is 1. The molecule has 20 heavy (non-hydrogen) atoms. The molecule has 2 aromatic rings. The smallest absolute Gasteiger partial charge is 0.290 e. The molecular weight excluding hydrogens is 254 g/mol. The van der Waals surface area contributed by atoms with E-state index in [2.05, 4.69) is 5.32 Å². The first-order valence-electron chi connectivity index (χ1n) is 6.83. The summed E-state index contributed by atoms with van der Waals surface area (Å²) in [5.74, 6) is 1.99. The zero-order valence-corrected chi connectivity index (χ0v) is 11.9. The maximum atomic E-state index is 9.35. The van der Waals surface area contributed by atoms with E-state index in [1.165, 1.54) is 0 Å². The van der Waals surface area contributed by atoms with E-state index in [0.29, 0.717) is 12.5 Å². The second-order valence-corrected chi connectivity index (χ2v) is 5.06. The predicted octanol–water partition coefficient (Wildman–Crippen LogP) is 3.32. The molecule has 4 heteroatoms. The lowest BCUT2D eigenvalue weighted by Gasteiger charge is -2.26. The van der Waals surface area contributed by atoms with Crippen molar-refractivity contribution < 1.29 is 14.3 Å². The van der Waals surface area contributed by atoms with E-state index in [9.17, 15) is 5.11 Å². The molecule has 1 heterocycles. The molecule has 2 N–H and O–H groups in total. The minimum atomic E-state index is -0.284. The number of aliphatic hydroxyl groups excluding tert-OH is 1. The largest absolute Gasteiger partial charge is 0.429 e. The number of para-hydroxylation sites is 1. The van der Waals surface area contributed by atoms with Crippen molar-refractivity contribution in [3.63, 3.8) is 0 Å². The minimum absolute atomic E-state index is 0.0948. The molecule has 1 unspecified atom stereocenters. The van der Waals surface area contributed by atoms with E-state index in [1.54, 1.807) is 6.07 Å². The lowest BCUT2D eigenvalue weighted by atomic mass is 10.0. The van der Waals surface area contributed by atoms with Crippen molar-refractivity contribution in [3.8, 4) is 11.7 Å². The number of hydrogen-bond donors (Lipinski definition) is 2. The van der Waals surface area contributed by atoms with Gasteiger partial charge in [0.25, 0.3) is 5.95 Å². The number of benzene rings is 1. The quantitative estimate of drug-likeness (QED) is 0.814. The Labute approximate surface area is 119 Å². The van der Waals surface area contributed by atoms with E-state index in [4.69, 9.17) is 9.15 Å². The normalized spacial score (nSPS) is 13.9. The van der Waals surface area contributed by atoms with Crippen LogP contribution in [0.4, 0.5) is 0 Å². The van der Waals surface area contributed by atoms with Crippen LogP contribution in [-0.2, 0) is 6.54 Å². The van der Waals surface area contributed by atoms with Gasteiger partial charge >= 0.3 is 0 Å². The summed E-state index contributed by atoms with van der Waals surface area (Å²) >= 11 is 0. The molecule has 0 radical (unpaired) electrons. The second-order valence-electron chi connectivity index (χ2n) is 5.06. The number of rotatable bonds is 7. The summed E-state index contributed by atoms with van der Waals surface area (Å²) in [4.78, 5) is 0. The minimum Gasteiger partial charge on any atom is -0.429 e. The Hall–Kier alpha value is -1.78. The summed E-state index contributed by atoms with van der Waals surface area (Å²) in [6.07, 6.45) is 0.845. The molecule has 1 atom stereocenters. The third-order valence-electron chi connectivity index (χ3n) is 3.42. The van der Waals surface area contributed by atoms with Gasteiger partial charge in [-0.15, -0.1) is 0 Å². The molecule has 1 aromatic carbocycles. The lowest BCUT2D eigenvalue weighted by molar-refractivity contribution is 0.165. The highest BCUT2D eigenvalue weighted by molar-refractivity contribution is 5.26. The summed E-state index contributed by atoms with van der Waals surface area (Å²) in [6, 6.07) is 13.2. The van der Waals surface area contributed by atoms with Crippen LogP contribution < -0.4 is 10.1 Å². The first-order chi connectivity index (χ1) is 9.65. The Morgan fingerprint density at radius 3 is 2.60 bits per heavy atom. The maximum Gasteiger partial charge on any atom is 0.290 e. The fraction of sp³-hybridized carbons (Fsp3) is 0.375. The highest BCUT2D eigenvalue weighted by Gasteiger charge is 2.20. The predicted molar refractivity (Wildman–Crippen MR) is 77.8 cm³/mol. The maximum absolute atomic E-state index is 9.35. The Morgan fingerprint density at radius 1 is 1.20 bits per heavy atom. The summed E-state index contributed by atoms with van der Waals surface area (Å²) in [5.41, 5.74) is -0.284. The Bertz CT molecular complexity index is 518. The molecule has 0 fully saturated rings. The molecule has 2 rings (SSSR count). The molecule has 0 saturated heterocycles. The second kappa shape index (κ2) is 6.59. The van der Waals surface area contributed by atoms with Crippen LogP contribution in [0.15, 0.2) is 46.9 Å². The summed E-state index contributed by atoms with van der Waals surface area (Å²) < 4.78 is 11.2. The standard InChI is InChI=1S/C16H21NO3/c1-3-16(2,12-18)17-11-14-9-10-15(20-14)19-13-7-5-4-6-8-13/h4-10,17-18H,3,11-12H2,1-2H3. The number of nitrogens with one attached hydrogen (secondary N) is 1. The first-order valence-corrected chi connectivity index (χ1v) is 6.83. The van der Waals surface area contributed by atoms with Crippen LogP contribution in [0.5, 0.6) is 11.7 Å². The van der Waals surface area contributed by atoms with Gasteiger partial charge in [-0.25, -0.2) is 0 Å². The monoisotopic (exact) mass is 275 g/mol. The summed E-state index contributed by atoms with van der Waals surface area (Å²) in [5, 5.41) is 12.6. The third-order valence-corrected chi connectivity index (χ3v) is 3.42. The van der Waals surface area contributed by atoms with Crippen molar-refractivity contribution in [1.29, 1.82) is 0 Å². The highest BCUT2D eigenvalue weighted by atomic mass is 16.6. The van der Waals surface area contributed by atoms with E-state index in [0.717, 1.165) is 17.9 Å². The van der Waals surface area contributed by atoms with Crippen molar-refractivity contribution in [2.24, 2.45) is 0 Å². The topological polar surface area (TPSA) is 54.6 Å². The van der Waals surface area contributed by atoms with Crippen molar-refractivity contribution in [3.05, 3.63) is 48.2 Å². The van der Waals surface area contributed by atoms with Crippen LogP contribution in [-0.4, -0.2) is 17.3 Å². The van der Waals surface area contributed by atoms with Gasteiger partial charge in [0.1, 0.15) is 11.5 Å². The van der Waals surface area contributed by atoms with Gasteiger partial charge in [-0.2, -0.15) is 0 Å². The molecule has 1 aromatic heterocycles. The van der Waals surface area contributed by atoms with Gasteiger partial charge < -0.3 is 19.6 Å². The molecule has 0 amide bonds.